The summed E-state index contributed by atoms with van der Waals surface area (Å²) in [5.41, 5.74) is 1.10. The number of piperazine rings is 1. The zero-order chi connectivity index (χ0) is 18.3. The second kappa shape index (κ2) is 8.94. The summed E-state index contributed by atoms with van der Waals surface area (Å²) in [7, 11) is -1.31. The third-order valence-electron chi connectivity index (χ3n) is 4.06. The van der Waals surface area contributed by atoms with Gasteiger partial charge in [-0.15, -0.1) is 0 Å². The second-order valence-corrected chi connectivity index (χ2v) is 8.27. The molecule has 1 aliphatic heterocycles. The van der Waals surface area contributed by atoms with Crippen molar-refractivity contribution in [1.29, 1.82) is 0 Å². The molecule has 1 aliphatic rings. The van der Waals surface area contributed by atoms with Crippen LogP contribution in [0.2, 0.25) is 0 Å². The van der Waals surface area contributed by atoms with E-state index in [2.05, 4.69) is 26.2 Å². The number of benzene rings is 1. The third kappa shape index (κ3) is 5.81. The van der Waals surface area contributed by atoms with Crippen molar-refractivity contribution >= 4 is 21.5 Å². The summed E-state index contributed by atoms with van der Waals surface area (Å²) in [4.78, 5) is 8.94. The van der Waals surface area contributed by atoms with Crippen LogP contribution in [0.15, 0.2) is 29.3 Å². The van der Waals surface area contributed by atoms with Gasteiger partial charge < -0.3 is 19.9 Å². The van der Waals surface area contributed by atoms with Crippen molar-refractivity contribution in [3.05, 3.63) is 24.3 Å². The van der Waals surface area contributed by atoms with Crippen LogP contribution in [0.25, 0.3) is 0 Å². The lowest BCUT2D eigenvalue weighted by Gasteiger charge is -2.38. The number of nitrogens with zero attached hydrogens (tertiary/aromatic N) is 3. The zero-order valence-electron chi connectivity index (χ0n) is 15.2. The molecule has 1 saturated heterocycles. The van der Waals surface area contributed by atoms with Crippen LogP contribution in [0.1, 0.15) is 6.92 Å². The molecule has 0 aromatic heterocycles. The summed E-state index contributed by atoms with van der Waals surface area (Å²) in [6.45, 7) is 6.41. The maximum absolute atomic E-state index is 11.3. The Morgan fingerprint density at radius 3 is 2.52 bits per heavy atom. The largest absolute Gasteiger partial charge is 0.495 e. The van der Waals surface area contributed by atoms with Gasteiger partial charge in [0.2, 0.25) is 0 Å². The molecular formula is C17H28N4O3S. The van der Waals surface area contributed by atoms with Crippen LogP contribution in [0.5, 0.6) is 5.75 Å². The predicted molar refractivity (Wildman–Crippen MR) is 102 cm³/mol. The minimum atomic E-state index is -2.99. The van der Waals surface area contributed by atoms with Gasteiger partial charge in [-0.1, -0.05) is 12.1 Å². The Hall–Kier alpha value is -1.96. The molecule has 0 aliphatic carbocycles. The molecule has 1 fully saturated rings. The van der Waals surface area contributed by atoms with E-state index in [-0.39, 0.29) is 12.3 Å². The van der Waals surface area contributed by atoms with Gasteiger partial charge in [-0.3, -0.25) is 4.99 Å². The average Bonchev–Trinajstić information content (AvgIpc) is 2.60. The summed E-state index contributed by atoms with van der Waals surface area (Å²) in [6, 6.07) is 8.02. The second-order valence-electron chi connectivity index (χ2n) is 6.01. The van der Waals surface area contributed by atoms with Gasteiger partial charge in [0.15, 0.2) is 5.96 Å². The fourth-order valence-electron chi connectivity index (χ4n) is 2.79. The Labute approximate surface area is 150 Å². The predicted octanol–water partition coefficient (Wildman–Crippen LogP) is 0.827. The smallest absolute Gasteiger partial charge is 0.194 e. The van der Waals surface area contributed by atoms with Crippen molar-refractivity contribution in [2.24, 2.45) is 4.99 Å². The number of guanidine groups is 1. The molecule has 7 nitrogen and oxygen atoms in total. The number of hydrogen-bond acceptors (Lipinski definition) is 5. The number of hydrogen-bond donors (Lipinski definition) is 1. The van der Waals surface area contributed by atoms with E-state index in [0.29, 0.717) is 0 Å². The van der Waals surface area contributed by atoms with Gasteiger partial charge in [0, 0.05) is 39.0 Å². The summed E-state index contributed by atoms with van der Waals surface area (Å²) in [6.07, 6.45) is 1.24. The molecule has 0 unspecified atom stereocenters. The number of sulfone groups is 1. The molecular weight excluding hydrogens is 340 g/mol. The molecule has 0 spiro atoms. The van der Waals surface area contributed by atoms with Crippen LogP contribution in [0, 0.1) is 0 Å². The van der Waals surface area contributed by atoms with Crippen LogP contribution in [0.4, 0.5) is 5.69 Å². The molecule has 1 heterocycles. The van der Waals surface area contributed by atoms with Gasteiger partial charge in [0.1, 0.15) is 15.6 Å². The minimum absolute atomic E-state index is 0.0725. The summed E-state index contributed by atoms with van der Waals surface area (Å²) in [5.74, 6) is 1.73. The van der Waals surface area contributed by atoms with E-state index in [0.717, 1.165) is 50.1 Å². The van der Waals surface area contributed by atoms with Crippen molar-refractivity contribution < 1.29 is 13.2 Å². The molecule has 140 valence electrons. The molecule has 0 radical (unpaired) electrons. The first-order chi connectivity index (χ1) is 11.9. The maximum Gasteiger partial charge on any atom is 0.194 e. The highest BCUT2D eigenvalue weighted by Gasteiger charge is 2.21. The number of methoxy groups -OCH3 is 1. The van der Waals surface area contributed by atoms with Crippen LogP contribution in [0.3, 0.4) is 0 Å². The van der Waals surface area contributed by atoms with Crippen LogP contribution in [-0.2, 0) is 9.84 Å². The number of ether oxygens (including phenoxy) is 1. The van der Waals surface area contributed by atoms with Crippen molar-refractivity contribution in [2.45, 2.75) is 6.92 Å². The lowest BCUT2D eigenvalue weighted by atomic mass is 10.2. The minimum Gasteiger partial charge on any atom is -0.495 e. The quantitative estimate of drug-likeness (QED) is 0.592. The fourth-order valence-corrected chi connectivity index (χ4v) is 3.22. The van der Waals surface area contributed by atoms with Gasteiger partial charge in [0.25, 0.3) is 0 Å². The summed E-state index contributed by atoms with van der Waals surface area (Å²) < 4.78 is 28.0. The Bertz CT molecular complexity index is 683. The molecule has 8 heteroatoms. The van der Waals surface area contributed by atoms with E-state index in [4.69, 9.17) is 4.74 Å². The van der Waals surface area contributed by atoms with Gasteiger partial charge in [-0.2, -0.15) is 0 Å². The number of rotatable bonds is 6. The Morgan fingerprint density at radius 1 is 1.24 bits per heavy atom. The van der Waals surface area contributed by atoms with Gasteiger partial charge in [-0.25, -0.2) is 8.42 Å². The van der Waals surface area contributed by atoms with E-state index in [1.54, 1.807) is 7.11 Å². The van der Waals surface area contributed by atoms with Gasteiger partial charge in [0.05, 0.1) is 25.1 Å². The number of anilines is 1. The van der Waals surface area contributed by atoms with Crippen LogP contribution >= 0.6 is 0 Å². The fraction of sp³-hybridized carbons (Fsp3) is 0.588. The first-order valence-electron chi connectivity index (χ1n) is 8.53. The molecule has 0 atom stereocenters. The lowest BCUT2D eigenvalue weighted by Crippen LogP contribution is -2.52. The molecule has 1 aromatic carbocycles. The number of nitrogens with one attached hydrogen (secondary N) is 1. The normalized spacial score (nSPS) is 16.0. The van der Waals surface area contributed by atoms with Crippen LogP contribution in [-0.4, -0.2) is 77.7 Å². The molecule has 1 N–H and O–H groups in total. The van der Waals surface area contributed by atoms with Crippen molar-refractivity contribution in [3.63, 3.8) is 0 Å². The third-order valence-corrected chi connectivity index (χ3v) is 4.99. The number of aliphatic imine (C=N–C) groups is 1. The van der Waals surface area contributed by atoms with E-state index < -0.39 is 9.84 Å². The molecule has 25 heavy (non-hydrogen) atoms. The molecule has 0 bridgehead atoms. The maximum atomic E-state index is 11.3. The van der Waals surface area contributed by atoms with E-state index in [1.807, 2.05) is 25.1 Å². The molecule has 1 aromatic rings. The van der Waals surface area contributed by atoms with Crippen molar-refractivity contribution in [2.75, 3.05) is 63.3 Å². The first-order valence-corrected chi connectivity index (χ1v) is 10.6. The number of para-hydroxylation sites is 2. The Kier molecular flexibility index (Phi) is 6.92. The molecule has 0 saturated carbocycles. The van der Waals surface area contributed by atoms with E-state index in [1.165, 1.54) is 6.26 Å². The zero-order valence-corrected chi connectivity index (χ0v) is 16.1. The SMILES string of the molecule is CCNC(=NCCS(C)(=O)=O)N1CCN(c2ccccc2OC)CC1. The van der Waals surface area contributed by atoms with E-state index in [9.17, 15) is 8.42 Å². The topological polar surface area (TPSA) is 74.2 Å². The van der Waals surface area contributed by atoms with Crippen molar-refractivity contribution in [3.8, 4) is 5.75 Å². The van der Waals surface area contributed by atoms with E-state index >= 15 is 0 Å². The Morgan fingerprint density at radius 2 is 1.92 bits per heavy atom. The first kappa shape index (κ1) is 19.4. The monoisotopic (exact) mass is 368 g/mol. The average molecular weight is 369 g/mol. The van der Waals surface area contributed by atoms with Crippen molar-refractivity contribution in [1.82, 2.24) is 10.2 Å². The Balaban J connectivity index is 1.99. The lowest BCUT2D eigenvalue weighted by molar-refractivity contribution is 0.367. The summed E-state index contributed by atoms with van der Waals surface area (Å²) >= 11 is 0. The highest BCUT2D eigenvalue weighted by molar-refractivity contribution is 7.90. The highest BCUT2D eigenvalue weighted by Crippen LogP contribution is 2.28. The van der Waals surface area contributed by atoms with Gasteiger partial charge >= 0.3 is 0 Å². The molecule has 0 amide bonds. The summed E-state index contributed by atoms with van der Waals surface area (Å²) in [5, 5.41) is 3.25. The standard InChI is InChI=1S/C17H28N4O3S/c1-4-18-17(19-9-14-25(3,22)23)21-12-10-20(11-13-21)15-7-5-6-8-16(15)24-2/h5-8H,4,9-14H2,1-3H3,(H,18,19). The van der Waals surface area contributed by atoms with Crippen LogP contribution < -0.4 is 15.0 Å². The van der Waals surface area contributed by atoms with Gasteiger partial charge in [-0.05, 0) is 19.1 Å². The highest BCUT2D eigenvalue weighted by atomic mass is 32.2. The molecule has 2 rings (SSSR count).